The summed E-state index contributed by atoms with van der Waals surface area (Å²) >= 11 is 0. The molecule has 2 aromatic rings. The summed E-state index contributed by atoms with van der Waals surface area (Å²) in [5.41, 5.74) is 1.28. The molecule has 0 saturated carbocycles. The quantitative estimate of drug-likeness (QED) is 0.739. The Kier molecular flexibility index (Phi) is 5.04. The molecule has 1 aliphatic rings. The molecule has 0 amide bonds. The van der Waals surface area contributed by atoms with Crippen LogP contribution in [-0.2, 0) is 23.2 Å². The number of aromatic hydroxyl groups is 1. The molecule has 1 atom stereocenters. The zero-order chi connectivity index (χ0) is 18.7. The van der Waals surface area contributed by atoms with Crippen LogP contribution in [0.4, 0.5) is 0 Å². The first-order valence-corrected chi connectivity index (χ1v) is 8.40. The first-order valence-electron chi connectivity index (χ1n) is 8.40. The van der Waals surface area contributed by atoms with Crippen molar-refractivity contribution in [2.24, 2.45) is 0 Å². The van der Waals surface area contributed by atoms with Gasteiger partial charge in [0.1, 0.15) is 0 Å². The fourth-order valence-corrected chi connectivity index (χ4v) is 3.29. The van der Waals surface area contributed by atoms with Gasteiger partial charge >= 0.3 is 0 Å². The van der Waals surface area contributed by atoms with Crippen molar-refractivity contribution in [2.75, 3.05) is 20.8 Å². The van der Waals surface area contributed by atoms with E-state index in [-0.39, 0.29) is 18.1 Å². The number of ether oxygens (including phenoxy) is 3. The van der Waals surface area contributed by atoms with Crippen LogP contribution in [0.5, 0.6) is 23.0 Å². The van der Waals surface area contributed by atoms with E-state index in [0.717, 1.165) is 17.4 Å². The SMILES string of the molecule is COc1cc(C2(C=O)Cc3cc(CCCO)cc(OC)c3O2)ccc1O. The first kappa shape index (κ1) is 18.1. The highest BCUT2D eigenvalue weighted by molar-refractivity contribution is 5.72. The van der Waals surface area contributed by atoms with E-state index in [1.165, 1.54) is 13.2 Å². The van der Waals surface area contributed by atoms with Crippen LogP contribution in [0.25, 0.3) is 0 Å². The Hall–Kier alpha value is -2.73. The molecule has 3 rings (SSSR count). The number of hydrogen-bond acceptors (Lipinski definition) is 6. The lowest BCUT2D eigenvalue weighted by atomic mass is 9.89. The van der Waals surface area contributed by atoms with Crippen molar-refractivity contribution < 1.29 is 29.2 Å². The largest absolute Gasteiger partial charge is 0.504 e. The van der Waals surface area contributed by atoms with Crippen LogP contribution < -0.4 is 14.2 Å². The van der Waals surface area contributed by atoms with E-state index in [9.17, 15) is 9.90 Å². The second-order valence-corrected chi connectivity index (χ2v) is 6.29. The van der Waals surface area contributed by atoms with Crippen LogP contribution in [0.2, 0.25) is 0 Å². The van der Waals surface area contributed by atoms with Gasteiger partial charge in [0.2, 0.25) is 0 Å². The van der Waals surface area contributed by atoms with Crippen molar-refractivity contribution in [3.63, 3.8) is 0 Å². The van der Waals surface area contributed by atoms with Crippen molar-refractivity contribution in [3.8, 4) is 23.0 Å². The van der Waals surface area contributed by atoms with Gasteiger partial charge in [-0.3, -0.25) is 4.79 Å². The van der Waals surface area contributed by atoms with Crippen molar-refractivity contribution >= 4 is 6.29 Å². The second kappa shape index (κ2) is 7.25. The van der Waals surface area contributed by atoms with Gasteiger partial charge in [-0.25, -0.2) is 0 Å². The molecule has 0 aromatic heterocycles. The molecule has 0 saturated heterocycles. The summed E-state index contributed by atoms with van der Waals surface area (Å²) in [5, 5.41) is 18.9. The van der Waals surface area contributed by atoms with E-state index < -0.39 is 5.60 Å². The van der Waals surface area contributed by atoms with Gasteiger partial charge in [-0.2, -0.15) is 0 Å². The van der Waals surface area contributed by atoms with Gasteiger partial charge in [-0.1, -0.05) is 12.1 Å². The molecular weight excluding hydrogens is 336 g/mol. The number of methoxy groups -OCH3 is 2. The third-order valence-corrected chi connectivity index (χ3v) is 4.63. The maximum atomic E-state index is 12.0. The minimum Gasteiger partial charge on any atom is -0.504 e. The lowest BCUT2D eigenvalue weighted by Gasteiger charge is -2.23. The Morgan fingerprint density at radius 2 is 1.96 bits per heavy atom. The Balaban J connectivity index is 2.02. The minimum atomic E-state index is -1.20. The van der Waals surface area contributed by atoms with Gasteiger partial charge in [0.05, 0.1) is 14.2 Å². The van der Waals surface area contributed by atoms with E-state index in [0.29, 0.717) is 36.3 Å². The number of aryl methyl sites for hydroxylation is 1. The molecule has 0 bridgehead atoms. The minimum absolute atomic E-state index is 0.00307. The maximum absolute atomic E-state index is 12.0. The summed E-state index contributed by atoms with van der Waals surface area (Å²) in [5.74, 6) is 1.37. The molecule has 0 fully saturated rings. The number of phenols is 1. The molecule has 26 heavy (non-hydrogen) atoms. The average molecular weight is 358 g/mol. The number of carbonyl (C=O) groups is 1. The van der Waals surface area contributed by atoms with Crippen LogP contribution in [0.15, 0.2) is 30.3 Å². The fourth-order valence-electron chi connectivity index (χ4n) is 3.29. The predicted molar refractivity (Wildman–Crippen MR) is 95.1 cm³/mol. The Morgan fingerprint density at radius 1 is 1.19 bits per heavy atom. The topological polar surface area (TPSA) is 85.2 Å². The highest BCUT2D eigenvalue weighted by Gasteiger charge is 2.43. The van der Waals surface area contributed by atoms with Gasteiger partial charge in [-0.15, -0.1) is 0 Å². The molecule has 1 aliphatic heterocycles. The molecule has 6 nitrogen and oxygen atoms in total. The molecule has 1 unspecified atom stereocenters. The third kappa shape index (κ3) is 3.08. The highest BCUT2D eigenvalue weighted by atomic mass is 16.5. The molecule has 2 N–H and O–H groups in total. The summed E-state index contributed by atoms with van der Waals surface area (Å²) in [6.07, 6.45) is 2.48. The van der Waals surface area contributed by atoms with Crippen LogP contribution in [0, 0.1) is 0 Å². The van der Waals surface area contributed by atoms with Crippen molar-refractivity contribution in [1.29, 1.82) is 0 Å². The number of rotatable bonds is 7. The summed E-state index contributed by atoms with van der Waals surface area (Å²) in [6.45, 7) is 0.113. The van der Waals surface area contributed by atoms with Gasteiger partial charge in [0.25, 0.3) is 0 Å². The van der Waals surface area contributed by atoms with E-state index in [4.69, 9.17) is 19.3 Å². The van der Waals surface area contributed by atoms with E-state index in [1.54, 1.807) is 19.2 Å². The van der Waals surface area contributed by atoms with E-state index in [1.807, 2.05) is 12.1 Å². The molecule has 6 heteroatoms. The zero-order valence-electron chi connectivity index (χ0n) is 14.8. The smallest absolute Gasteiger partial charge is 0.193 e. The van der Waals surface area contributed by atoms with Crippen LogP contribution in [-0.4, -0.2) is 37.3 Å². The summed E-state index contributed by atoms with van der Waals surface area (Å²) in [7, 11) is 3.01. The van der Waals surface area contributed by atoms with Crippen molar-refractivity contribution in [3.05, 3.63) is 47.0 Å². The van der Waals surface area contributed by atoms with Gasteiger partial charge in [0, 0.05) is 24.2 Å². The summed E-state index contributed by atoms with van der Waals surface area (Å²) < 4.78 is 16.7. The monoisotopic (exact) mass is 358 g/mol. The summed E-state index contributed by atoms with van der Waals surface area (Å²) in [6, 6.07) is 8.59. The molecule has 0 spiro atoms. The Bertz CT molecular complexity index is 816. The van der Waals surface area contributed by atoms with E-state index >= 15 is 0 Å². The number of phenolic OH excluding ortho intramolecular Hbond substituents is 1. The standard InChI is InChI=1S/C20H22O6/c1-24-17-10-15(5-6-16(17)23)20(12-22)11-14-8-13(4-3-7-21)9-18(25-2)19(14)26-20/h5-6,8-10,12,21,23H,3-4,7,11H2,1-2H3. The fraction of sp³-hybridized carbons (Fsp3) is 0.350. The Labute approximate surface area is 151 Å². The first-order chi connectivity index (χ1) is 12.6. The lowest BCUT2D eigenvalue weighted by molar-refractivity contribution is -0.120. The third-order valence-electron chi connectivity index (χ3n) is 4.63. The average Bonchev–Trinajstić information content (AvgIpc) is 3.06. The van der Waals surface area contributed by atoms with Gasteiger partial charge in [0.15, 0.2) is 34.9 Å². The zero-order valence-corrected chi connectivity index (χ0v) is 14.8. The number of aldehydes is 1. The normalized spacial score (nSPS) is 18.1. The molecule has 1 heterocycles. The number of carbonyl (C=O) groups excluding carboxylic acids is 1. The van der Waals surface area contributed by atoms with Crippen molar-refractivity contribution in [1.82, 2.24) is 0 Å². The van der Waals surface area contributed by atoms with Crippen molar-refractivity contribution in [2.45, 2.75) is 24.9 Å². The summed E-state index contributed by atoms with van der Waals surface area (Å²) in [4.78, 5) is 12.0. The number of aliphatic hydroxyl groups excluding tert-OH is 1. The lowest BCUT2D eigenvalue weighted by Crippen LogP contribution is -2.33. The molecule has 138 valence electrons. The van der Waals surface area contributed by atoms with Crippen LogP contribution in [0.1, 0.15) is 23.1 Å². The van der Waals surface area contributed by atoms with Gasteiger partial charge < -0.3 is 24.4 Å². The molecule has 2 aromatic carbocycles. The maximum Gasteiger partial charge on any atom is 0.193 e. The van der Waals surface area contributed by atoms with Crippen LogP contribution >= 0.6 is 0 Å². The number of hydrogen-bond donors (Lipinski definition) is 2. The number of aliphatic hydroxyl groups is 1. The van der Waals surface area contributed by atoms with E-state index in [2.05, 4.69) is 0 Å². The number of fused-ring (bicyclic) bond motifs is 1. The van der Waals surface area contributed by atoms with Gasteiger partial charge in [-0.05, 0) is 36.6 Å². The molecule has 0 aliphatic carbocycles. The number of benzene rings is 2. The molecule has 0 radical (unpaired) electrons. The van der Waals surface area contributed by atoms with Crippen LogP contribution in [0.3, 0.4) is 0 Å². The highest BCUT2D eigenvalue weighted by Crippen LogP contribution is 2.47. The Morgan fingerprint density at radius 3 is 2.62 bits per heavy atom. The second-order valence-electron chi connectivity index (χ2n) is 6.29. The molecular formula is C20H22O6. The predicted octanol–water partition coefficient (Wildman–Crippen LogP) is 2.36.